The van der Waals surface area contributed by atoms with Crippen LogP contribution in [-0.4, -0.2) is 52.1 Å². The van der Waals surface area contributed by atoms with Gasteiger partial charge in [0, 0.05) is 44.4 Å². The van der Waals surface area contributed by atoms with E-state index in [1.165, 1.54) is 17.7 Å². The lowest BCUT2D eigenvalue weighted by Crippen LogP contribution is -2.48. The minimum absolute atomic E-state index is 0.0905. The molecule has 150 valence electrons. The molecule has 0 saturated carbocycles. The Hall–Kier alpha value is -3.06. The van der Waals surface area contributed by atoms with E-state index in [1.54, 1.807) is 11.0 Å². The molecule has 5 nitrogen and oxygen atoms in total. The summed E-state index contributed by atoms with van der Waals surface area (Å²) >= 11 is 0. The fourth-order valence-corrected chi connectivity index (χ4v) is 3.54. The van der Waals surface area contributed by atoms with E-state index in [-0.39, 0.29) is 5.91 Å². The summed E-state index contributed by atoms with van der Waals surface area (Å²) in [5.74, 6) is -1.23. The first-order valence-corrected chi connectivity index (χ1v) is 9.57. The molecule has 0 aliphatic carbocycles. The van der Waals surface area contributed by atoms with Gasteiger partial charge in [-0.1, -0.05) is 29.8 Å². The number of carbonyl (C=O) groups is 1. The molecule has 2 aromatic carbocycles. The number of benzene rings is 2. The molecule has 3 aromatic rings. The van der Waals surface area contributed by atoms with Crippen LogP contribution in [0.5, 0.6) is 0 Å². The predicted molar refractivity (Wildman–Crippen MR) is 106 cm³/mol. The third kappa shape index (κ3) is 4.51. The van der Waals surface area contributed by atoms with Crippen molar-refractivity contribution < 1.29 is 13.6 Å². The van der Waals surface area contributed by atoms with Gasteiger partial charge >= 0.3 is 0 Å². The Labute approximate surface area is 168 Å². The van der Waals surface area contributed by atoms with Gasteiger partial charge in [-0.3, -0.25) is 14.8 Å². The Kier molecular flexibility index (Phi) is 5.40. The Balaban J connectivity index is 1.36. The maximum atomic E-state index is 13.4. The molecular weight excluding hydrogens is 374 g/mol. The minimum atomic E-state index is -0.572. The second-order valence-corrected chi connectivity index (χ2v) is 7.38. The highest BCUT2D eigenvalue weighted by atomic mass is 19.1. The van der Waals surface area contributed by atoms with Crippen LogP contribution in [0.2, 0.25) is 0 Å². The molecule has 1 aromatic heterocycles. The van der Waals surface area contributed by atoms with Crippen molar-refractivity contribution in [2.75, 3.05) is 26.2 Å². The van der Waals surface area contributed by atoms with Gasteiger partial charge in [-0.2, -0.15) is 5.10 Å². The fraction of sp³-hybridized carbons (Fsp3) is 0.273. The fourth-order valence-electron chi connectivity index (χ4n) is 3.54. The second kappa shape index (κ2) is 8.13. The van der Waals surface area contributed by atoms with Gasteiger partial charge in [-0.15, -0.1) is 0 Å². The SMILES string of the molecule is Cc1ccc(-c2cc(C(=O)N3CCN(Cc4cc(F)cc(F)c4)CC3)[nH]n2)cc1. The van der Waals surface area contributed by atoms with Crippen LogP contribution in [0, 0.1) is 18.6 Å². The molecule has 0 bridgehead atoms. The standard InChI is InChI=1S/C22H22F2N4O/c1-15-2-4-17(5-3-15)20-13-21(26-25-20)22(29)28-8-6-27(7-9-28)14-16-10-18(23)12-19(24)11-16/h2-5,10-13H,6-9,14H2,1H3,(H,25,26). The number of aromatic nitrogens is 2. The largest absolute Gasteiger partial charge is 0.335 e. The van der Waals surface area contributed by atoms with Crippen LogP contribution < -0.4 is 0 Å². The third-order valence-corrected chi connectivity index (χ3v) is 5.14. The van der Waals surface area contributed by atoms with Crippen molar-refractivity contribution in [2.24, 2.45) is 0 Å². The Morgan fingerprint density at radius 1 is 1.00 bits per heavy atom. The monoisotopic (exact) mass is 396 g/mol. The molecule has 29 heavy (non-hydrogen) atoms. The van der Waals surface area contributed by atoms with Crippen molar-refractivity contribution in [3.8, 4) is 11.3 Å². The predicted octanol–water partition coefficient (Wildman–Crippen LogP) is 3.62. The lowest BCUT2D eigenvalue weighted by atomic mass is 10.1. The molecule has 7 heteroatoms. The molecule has 1 N–H and O–H groups in total. The van der Waals surface area contributed by atoms with E-state index >= 15 is 0 Å². The highest BCUT2D eigenvalue weighted by molar-refractivity contribution is 5.93. The number of aromatic amines is 1. The number of rotatable bonds is 4. The number of hydrogen-bond donors (Lipinski definition) is 1. The molecule has 1 aliphatic heterocycles. The quantitative estimate of drug-likeness (QED) is 0.733. The zero-order valence-electron chi connectivity index (χ0n) is 16.2. The summed E-state index contributed by atoms with van der Waals surface area (Å²) in [7, 11) is 0. The van der Waals surface area contributed by atoms with E-state index in [9.17, 15) is 13.6 Å². The van der Waals surface area contributed by atoms with Crippen molar-refractivity contribution in [2.45, 2.75) is 13.5 Å². The molecule has 0 atom stereocenters. The van der Waals surface area contributed by atoms with Gasteiger partial charge in [0.25, 0.3) is 5.91 Å². The maximum Gasteiger partial charge on any atom is 0.271 e. The zero-order chi connectivity index (χ0) is 20.4. The van der Waals surface area contributed by atoms with E-state index in [1.807, 2.05) is 31.2 Å². The number of carbonyl (C=O) groups excluding carboxylic acids is 1. The molecule has 4 rings (SSSR count). The Morgan fingerprint density at radius 3 is 2.31 bits per heavy atom. The van der Waals surface area contributed by atoms with Crippen molar-refractivity contribution >= 4 is 5.91 Å². The first-order chi connectivity index (χ1) is 14.0. The average molecular weight is 396 g/mol. The number of piperazine rings is 1. The van der Waals surface area contributed by atoms with E-state index in [4.69, 9.17) is 0 Å². The number of amides is 1. The lowest BCUT2D eigenvalue weighted by molar-refractivity contribution is 0.0622. The lowest BCUT2D eigenvalue weighted by Gasteiger charge is -2.34. The number of hydrogen-bond acceptors (Lipinski definition) is 3. The summed E-state index contributed by atoms with van der Waals surface area (Å²) in [6, 6.07) is 13.3. The summed E-state index contributed by atoms with van der Waals surface area (Å²) in [5.41, 5.74) is 3.91. The number of nitrogens with one attached hydrogen (secondary N) is 1. The summed E-state index contributed by atoms with van der Waals surface area (Å²) in [4.78, 5) is 16.6. The Bertz CT molecular complexity index is 988. The van der Waals surface area contributed by atoms with Crippen LogP contribution in [0.3, 0.4) is 0 Å². The molecule has 1 saturated heterocycles. The smallest absolute Gasteiger partial charge is 0.271 e. The van der Waals surface area contributed by atoms with Crippen LogP contribution in [0.25, 0.3) is 11.3 Å². The topological polar surface area (TPSA) is 52.2 Å². The summed E-state index contributed by atoms with van der Waals surface area (Å²) in [6.45, 7) is 4.86. The van der Waals surface area contributed by atoms with Crippen LogP contribution in [0.4, 0.5) is 8.78 Å². The van der Waals surface area contributed by atoms with E-state index < -0.39 is 11.6 Å². The van der Waals surface area contributed by atoms with Crippen LogP contribution >= 0.6 is 0 Å². The Morgan fingerprint density at radius 2 is 1.66 bits per heavy atom. The first kappa shape index (κ1) is 19.3. The normalized spacial score (nSPS) is 14.9. The van der Waals surface area contributed by atoms with E-state index in [0.29, 0.717) is 44.0 Å². The summed E-state index contributed by atoms with van der Waals surface area (Å²) < 4.78 is 26.7. The number of halogens is 2. The maximum absolute atomic E-state index is 13.4. The van der Waals surface area contributed by atoms with Crippen LogP contribution in [0.1, 0.15) is 21.6 Å². The van der Waals surface area contributed by atoms with Crippen LogP contribution in [-0.2, 0) is 6.54 Å². The highest BCUT2D eigenvalue weighted by Crippen LogP contribution is 2.19. The van der Waals surface area contributed by atoms with Crippen molar-refractivity contribution in [1.29, 1.82) is 0 Å². The summed E-state index contributed by atoms with van der Waals surface area (Å²) in [6.07, 6.45) is 0. The summed E-state index contributed by atoms with van der Waals surface area (Å²) in [5, 5.41) is 7.11. The number of nitrogens with zero attached hydrogens (tertiary/aromatic N) is 3. The van der Waals surface area contributed by atoms with Crippen LogP contribution in [0.15, 0.2) is 48.5 Å². The van der Waals surface area contributed by atoms with E-state index in [2.05, 4.69) is 15.1 Å². The molecule has 0 spiro atoms. The highest BCUT2D eigenvalue weighted by Gasteiger charge is 2.24. The second-order valence-electron chi connectivity index (χ2n) is 7.38. The van der Waals surface area contributed by atoms with Crippen molar-refractivity contribution in [3.05, 3.63) is 77.0 Å². The average Bonchev–Trinajstić information content (AvgIpc) is 3.18. The van der Waals surface area contributed by atoms with Gasteiger partial charge in [-0.05, 0) is 30.7 Å². The van der Waals surface area contributed by atoms with Crippen molar-refractivity contribution in [1.82, 2.24) is 20.0 Å². The van der Waals surface area contributed by atoms with Gasteiger partial charge in [0.15, 0.2) is 0 Å². The molecule has 1 amide bonds. The molecular formula is C22H22F2N4O. The first-order valence-electron chi connectivity index (χ1n) is 9.57. The van der Waals surface area contributed by atoms with E-state index in [0.717, 1.165) is 17.3 Å². The zero-order valence-corrected chi connectivity index (χ0v) is 16.2. The van der Waals surface area contributed by atoms with Gasteiger partial charge in [0.05, 0.1) is 5.69 Å². The minimum Gasteiger partial charge on any atom is -0.335 e. The molecule has 1 fully saturated rings. The van der Waals surface area contributed by atoms with Crippen molar-refractivity contribution in [3.63, 3.8) is 0 Å². The molecule has 2 heterocycles. The van der Waals surface area contributed by atoms with Gasteiger partial charge in [-0.25, -0.2) is 8.78 Å². The third-order valence-electron chi connectivity index (χ3n) is 5.14. The molecule has 1 aliphatic rings. The molecule has 0 radical (unpaired) electrons. The van der Waals surface area contributed by atoms with Gasteiger partial charge in [0.2, 0.25) is 0 Å². The van der Waals surface area contributed by atoms with Gasteiger partial charge < -0.3 is 4.90 Å². The number of H-pyrrole nitrogens is 1. The van der Waals surface area contributed by atoms with Gasteiger partial charge in [0.1, 0.15) is 17.3 Å². The number of aryl methyl sites for hydroxylation is 1. The molecule has 0 unspecified atom stereocenters.